The number of ether oxygens (including phenoxy) is 2. The highest BCUT2D eigenvalue weighted by molar-refractivity contribution is 5.69. The molecule has 0 bridgehead atoms. The summed E-state index contributed by atoms with van der Waals surface area (Å²) in [7, 11) is 1.39. The highest BCUT2D eigenvalue weighted by atomic mass is 17.2. The van der Waals surface area contributed by atoms with E-state index in [0.29, 0.717) is 6.10 Å². The Morgan fingerprint density at radius 3 is 2.37 bits per heavy atom. The molecule has 2 heterocycles. The number of unbranched alkanes of at least 4 members (excludes halogenated alkanes) is 5. The second-order valence-electron chi connectivity index (χ2n) is 8.30. The van der Waals surface area contributed by atoms with Gasteiger partial charge in [0, 0.05) is 0 Å². The maximum absolute atomic E-state index is 11.3. The number of carbonyl (C=O) groups excluding carboxylic acids is 1. The predicted octanol–water partition coefficient (Wildman–Crippen LogP) is 6.00. The number of carbonyl (C=O) groups is 1. The van der Waals surface area contributed by atoms with Crippen LogP contribution in [0.3, 0.4) is 0 Å². The van der Waals surface area contributed by atoms with Gasteiger partial charge in [0.15, 0.2) is 0 Å². The fraction of sp³-hybridized carbons (Fsp3) is 0.720. The maximum atomic E-state index is 11.3. The first-order chi connectivity index (χ1) is 14.7. The van der Waals surface area contributed by atoms with Crippen molar-refractivity contribution in [2.24, 2.45) is 0 Å². The third-order valence-corrected chi connectivity index (χ3v) is 5.83. The lowest BCUT2D eigenvalue weighted by atomic mass is 10.0. The molecule has 0 N–H and O–H groups in total. The van der Waals surface area contributed by atoms with Crippen LogP contribution in [0.25, 0.3) is 0 Å². The van der Waals surface area contributed by atoms with Crippen molar-refractivity contribution in [1.29, 1.82) is 0 Å². The van der Waals surface area contributed by atoms with E-state index in [2.05, 4.69) is 35.6 Å². The van der Waals surface area contributed by atoms with Gasteiger partial charge in [-0.3, -0.25) is 4.79 Å². The third-order valence-electron chi connectivity index (χ3n) is 5.83. The van der Waals surface area contributed by atoms with Crippen LogP contribution in [0.15, 0.2) is 37.0 Å². The SMILES string of the molecule is C=CCC/C=C/C=C/CCCCCC[C@@H]1CC[C@@H]([C@@H]2CC[C@@H](CC(=O)OC)OO2)O1. The first-order valence-corrected chi connectivity index (χ1v) is 11.7. The maximum Gasteiger partial charge on any atom is 0.308 e. The van der Waals surface area contributed by atoms with Crippen molar-refractivity contribution in [2.45, 2.75) is 108 Å². The lowest BCUT2D eigenvalue weighted by molar-refractivity contribution is -0.385. The highest BCUT2D eigenvalue weighted by Gasteiger charge is 2.36. The van der Waals surface area contributed by atoms with Crippen molar-refractivity contribution in [3.63, 3.8) is 0 Å². The van der Waals surface area contributed by atoms with Crippen LogP contribution in [0.5, 0.6) is 0 Å². The number of esters is 1. The van der Waals surface area contributed by atoms with Gasteiger partial charge in [-0.1, -0.05) is 49.6 Å². The molecule has 5 nitrogen and oxygen atoms in total. The molecule has 0 radical (unpaired) electrons. The normalized spacial score (nSPS) is 27.1. The molecular formula is C25H40O5. The minimum atomic E-state index is -0.258. The Kier molecular flexibility index (Phi) is 12.7. The lowest BCUT2D eigenvalue weighted by Gasteiger charge is -2.30. The fourth-order valence-electron chi connectivity index (χ4n) is 4.02. The lowest BCUT2D eigenvalue weighted by Crippen LogP contribution is -2.37. The van der Waals surface area contributed by atoms with Crippen LogP contribution in [0.2, 0.25) is 0 Å². The van der Waals surface area contributed by atoms with Crippen molar-refractivity contribution in [2.75, 3.05) is 7.11 Å². The van der Waals surface area contributed by atoms with Gasteiger partial charge < -0.3 is 9.47 Å². The van der Waals surface area contributed by atoms with E-state index >= 15 is 0 Å². The van der Waals surface area contributed by atoms with Gasteiger partial charge in [-0.05, 0) is 57.8 Å². The van der Waals surface area contributed by atoms with Gasteiger partial charge >= 0.3 is 5.97 Å². The standard InChI is InChI=1S/C25H40O5/c1-3-4-5-6-7-8-9-10-11-12-13-14-15-21-16-18-23(28-21)24-19-17-22(29-30-24)20-25(26)27-2/h3,6-9,21-24H,1,4-5,10-20H2,2H3/b7-6+,9-8+/t21-,22+,23+,24+/m1/s1. The Labute approximate surface area is 182 Å². The smallest absolute Gasteiger partial charge is 0.308 e. The molecule has 2 aliphatic heterocycles. The molecule has 0 spiro atoms. The molecule has 2 fully saturated rings. The molecule has 0 aromatic carbocycles. The summed E-state index contributed by atoms with van der Waals surface area (Å²) < 4.78 is 10.9. The largest absolute Gasteiger partial charge is 0.469 e. The molecule has 0 amide bonds. The molecule has 2 saturated heterocycles. The first kappa shape index (κ1) is 24.8. The third kappa shape index (κ3) is 10.1. The van der Waals surface area contributed by atoms with Crippen molar-refractivity contribution < 1.29 is 24.0 Å². The Bertz CT molecular complexity index is 534. The van der Waals surface area contributed by atoms with Gasteiger partial charge in [0.25, 0.3) is 0 Å². The van der Waals surface area contributed by atoms with Crippen LogP contribution in [-0.2, 0) is 24.0 Å². The zero-order valence-electron chi connectivity index (χ0n) is 18.6. The molecule has 0 aromatic heterocycles. The van der Waals surface area contributed by atoms with E-state index in [1.165, 1.54) is 32.8 Å². The number of hydrogen-bond acceptors (Lipinski definition) is 5. The topological polar surface area (TPSA) is 54.0 Å². The molecule has 0 unspecified atom stereocenters. The second kappa shape index (κ2) is 15.4. The Hall–Kier alpha value is -1.43. The minimum absolute atomic E-state index is 0.0125. The molecule has 0 aliphatic carbocycles. The number of methoxy groups -OCH3 is 1. The Morgan fingerprint density at radius 2 is 1.63 bits per heavy atom. The first-order valence-electron chi connectivity index (χ1n) is 11.7. The molecule has 5 heteroatoms. The van der Waals surface area contributed by atoms with Crippen LogP contribution in [-0.4, -0.2) is 37.5 Å². The summed E-state index contributed by atoms with van der Waals surface area (Å²) in [6.45, 7) is 3.72. The van der Waals surface area contributed by atoms with Gasteiger partial charge in [-0.15, -0.1) is 6.58 Å². The van der Waals surface area contributed by atoms with Gasteiger partial charge in [-0.25, -0.2) is 9.78 Å². The molecular weight excluding hydrogens is 380 g/mol. The van der Waals surface area contributed by atoms with Gasteiger partial charge in [-0.2, -0.15) is 0 Å². The van der Waals surface area contributed by atoms with Crippen LogP contribution >= 0.6 is 0 Å². The molecule has 4 atom stereocenters. The second-order valence-corrected chi connectivity index (χ2v) is 8.30. The van der Waals surface area contributed by atoms with Crippen molar-refractivity contribution >= 4 is 5.97 Å². The molecule has 2 aliphatic rings. The van der Waals surface area contributed by atoms with E-state index in [1.54, 1.807) is 0 Å². The Morgan fingerprint density at radius 1 is 0.900 bits per heavy atom. The van der Waals surface area contributed by atoms with Crippen LogP contribution in [0.1, 0.15) is 83.5 Å². The van der Waals surface area contributed by atoms with E-state index in [1.807, 2.05) is 6.08 Å². The van der Waals surface area contributed by atoms with Gasteiger partial charge in [0.1, 0.15) is 12.2 Å². The molecule has 0 aromatic rings. The van der Waals surface area contributed by atoms with Crippen molar-refractivity contribution in [3.8, 4) is 0 Å². The number of rotatable bonds is 14. The monoisotopic (exact) mass is 420 g/mol. The van der Waals surface area contributed by atoms with Crippen molar-refractivity contribution in [3.05, 3.63) is 37.0 Å². The summed E-state index contributed by atoms with van der Waals surface area (Å²) in [6.07, 6.45) is 24.5. The summed E-state index contributed by atoms with van der Waals surface area (Å²) in [5.74, 6) is -0.258. The summed E-state index contributed by atoms with van der Waals surface area (Å²) in [5, 5.41) is 0. The van der Waals surface area contributed by atoms with E-state index in [-0.39, 0.29) is 30.7 Å². The Balaban J connectivity index is 1.46. The summed E-state index contributed by atoms with van der Waals surface area (Å²) >= 11 is 0. The predicted molar refractivity (Wildman–Crippen MR) is 119 cm³/mol. The van der Waals surface area contributed by atoms with Gasteiger partial charge in [0.05, 0.1) is 25.7 Å². The summed E-state index contributed by atoms with van der Waals surface area (Å²) in [5.41, 5.74) is 0. The van der Waals surface area contributed by atoms with Crippen molar-refractivity contribution in [1.82, 2.24) is 0 Å². The molecule has 0 saturated carbocycles. The molecule has 30 heavy (non-hydrogen) atoms. The molecule has 170 valence electrons. The minimum Gasteiger partial charge on any atom is -0.469 e. The zero-order chi connectivity index (χ0) is 21.4. The van der Waals surface area contributed by atoms with Crippen LogP contribution < -0.4 is 0 Å². The van der Waals surface area contributed by atoms with Gasteiger partial charge in [0.2, 0.25) is 0 Å². The van der Waals surface area contributed by atoms with E-state index in [9.17, 15) is 4.79 Å². The average Bonchev–Trinajstić information content (AvgIpc) is 3.24. The van der Waals surface area contributed by atoms with E-state index in [0.717, 1.165) is 51.4 Å². The molecule has 2 rings (SSSR count). The fourth-order valence-corrected chi connectivity index (χ4v) is 4.02. The average molecular weight is 421 g/mol. The van der Waals surface area contributed by atoms with E-state index in [4.69, 9.17) is 14.5 Å². The number of allylic oxidation sites excluding steroid dienone is 5. The zero-order valence-corrected chi connectivity index (χ0v) is 18.6. The van der Waals surface area contributed by atoms with Crippen LogP contribution in [0, 0.1) is 0 Å². The number of hydrogen-bond donors (Lipinski definition) is 0. The summed E-state index contributed by atoms with van der Waals surface area (Å²) in [6, 6.07) is 0. The van der Waals surface area contributed by atoms with Crippen LogP contribution in [0.4, 0.5) is 0 Å². The summed E-state index contributed by atoms with van der Waals surface area (Å²) in [4.78, 5) is 22.3. The highest BCUT2D eigenvalue weighted by Crippen LogP contribution is 2.32. The van der Waals surface area contributed by atoms with E-state index < -0.39 is 0 Å². The quantitative estimate of drug-likeness (QED) is 0.113.